The molecule has 1 aromatic heterocycles. The Kier molecular flexibility index (Phi) is 4.81. The number of aliphatic hydroxyl groups is 1. The summed E-state index contributed by atoms with van der Waals surface area (Å²) >= 11 is 0. The largest absolute Gasteiger partial charge is 0.455 e. The van der Waals surface area contributed by atoms with Gasteiger partial charge in [0.05, 0.1) is 17.7 Å². The predicted octanol–water partition coefficient (Wildman–Crippen LogP) is 3.90. The highest BCUT2D eigenvalue weighted by Crippen LogP contribution is 2.41. The van der Waals surface area contributed by atoms with Crippen LogP contribution < -0.4 is 10.2 Å². The van der Waals surface area contributed by atoms with Gasteiger partial charge in [0.25, 0.3) is 5.91 Å². The molecule has 4 rings (SSSR count). The van der Waals surface area contributed by atoms with Crippen LogP contribution in [0.5, 0.6) is 0 Å². The molecular weight excluding hydrogens is 359 g/mol. The van der Waals surface area contributed by atoms with Crippen LogP contribution in [0.2, 0.25) is 0 Å². The normalized spacial score (nSPS) is 16.7. The van der Waals surface area contributed by atoms with E-state index in [1.54, 1.807) is 25.2 Å². The number of anilines is 1. The SMILES string of the molecule is CNC(=O)c1c(-c2ccccc2F)oc2cc3c(cc12)C(CO)CCCN3C. The zero-order chi connectivity index (χ0) is 19.8. The Hall–Kier alpha value is -2.86. The molecule has 1 aliphatic rings. The van der Waals surface area contributed by atoms with Crippen LogP contribution in [0.1, 0.15) is 34.7 Å². The fourth-order valence-corrected chi connectivity index (χ4v) is 4.03. The highest BCUT2D eigenvalue weighted by Gasteiger charge is 2.28. The maximum Gasteiger partial charge on any atom is 0.255 e. The number of fused-ring (bicyclic) bond motifs is 2. The second-order valence-electron chi connectivity index (χ2n) is 7.22. The Bertz CT molecular complexity index is 1040. The van der Waals surface area contributed by atoms with Crippen molar-refractivity contribution in [3.63, 3.8) is 0 Å². The Morgan fingerprint density at radius 2 is 2.14 bits per heavy atom. The van der Waals surface area contributed by atoms with Crippen molar-refractivity contribution >= 4 is 22.6 Å². The number of rotatable bonds is 3. The second-order valence-corrected chi connectivity index (χ2v) is 7.22. The summed E-state index contributed by atoms with van der Waals surface area (Å²) in [4.78, 5) is 14.8. The van der Waals surface area contributed by atoms with Gasteiger partial charge in [-0.05, 0) is 36.6 Å². The van der Waals surface area contributed by atoms with Crippen molar-refractivity contribution in [1.29, 1.82) is 0 Å². The third-order valence-corrected chi connectivity index (χ3v) is 5.53. The van der Waals surface area contributed by atoms with E-state index < -0.39 is 5.82 Å². The molecule has 1 unspecified atom stereocenters. The fraction of sp³-hybridized carbons (Fsp3) is 0.318. The molecule has 2 aromatic carbocycles. The molecule has 1 atom stereocenters. The molecule has 146 valence electrons. The number of carbonyl (C=O) groups excluding carboxylic acids is 1. The standard InChI is InChI=1S/C22H23FN2O3/c1-24-22(27)20-16-10-15-13(12-26)6-5-9-25(2)18(15)11-19(16)28-21(20)14-7-3-4-8-17(14)23/h3-4,7-8,10-11,13,26H,5-6,9,12H2,1-2H3,(H,24,27). The minimum absolute atomic E-state index is 0.00583. The number of carbonyl (C=O) groups is 1. The zero-order valence-electron chi connectivity index (χ0n) is 16.0. The van der Waals surface area contributed by atoms with Gasteiger partial charge in [-0.25, -0.2) is 4.39 Å². The summed E-state index contributed by atoms with van der Waals surface area (Å²) in [5.74, 6) is -0.567. The van der Waals surface area contributed by atoms with Gasteiger partial charge in [0.15, 0.2) is 5.76 Å². The lowest BCUT2D eigenvalue weighted by molar-refractivity contribution is 0.0964. The quantitative estimate of drug-likeness (QED) is 0.721. The highest BCUT2D eigenvalue weighted by atomic mass is 19.1. The summed E-state index contributed by atoms with van der Waals surface area (Å²) in [5, 5.41) is 13.2. The summed E-state index contributed by atoms with van der Waals surface area (Å²) in [6.07, 6.45) is 1.84. The van der Waals surface area contributed by atoms with Crippen LogP contribution >= 0.6 is 0 Å². The molecule has 5 nitrogen and oxygen atoms in total. The molecule has 3 aromatic rings. The van der Waals surface area contributed by atoms with Gasteiger partial charge in [-0.15, -0.1) is 0 Å². The topological polar surface area (TPSA) is 65.7 Å². The summed E-state index contributed by atoms with van der Waals surface area (Å²) in [6, 6.07) is 10.1. The molecule has 2 heterocycles. The van der Waals surface area contributed by atoms with E-state index in [1.165, 1.54) is 6.07 Å². The molecule has 1 aliphatic heterocycles. The molecule has 1 amide bonds. The first-order valence-electron chi connectivity index (χ1n) is 9.44. The van der Waals surface area contributed by atoms with Gasteiger partial charge in [-0.2, -0.15) is 0 Å². The van der Waals surface area contributed by atoms with Crippen LogP contribution in [0.3, 0.4) is 0 Å². The smallest absolute Gasteiger partial charge is 0.255 e. The number of benzene rings is 2. The average Bonchev–Trinajstić information content (AvgIpc) is 3.00. The fourth-order valence-electron chi connectivity index (χ4n) is 4.03. The van der Waals surface area contributed by atoms with Crippen molar-refractivity contribution < 1.29 is 18.7 Å². The van der Waals surface area contributed by atoms with Gasteiger partial charge >= 0.3 is 0 Å². The molecule has 0 spiro atoms. The number of hydrogen-bond donors (Lipinski definition) is 2. The Balaban J connectivity index is 2.03. The summed E-state index contributed by atoms with van der Waals surface area (Å²) in [6.45, 7) is 0.915. The minimum Gasteiger partial charge on any atom is -0.455 e. The minimum atomic E-state index is -0.446. The van der Waals surface area contributed by atoms with Crippen LogP contribution in [-0.4, -0.2) is 38.3 Å². The third-order valence-electron chi connectivity index (χ3n) is 5.53. The lowest BCUT2D eigenvalue weighted by atomic mass is 9.92. The molecule has 0 fully saturated rings. The first-order valence-corrected chi connectivity index (χ1v) is 9.44. The van der Waals surface area contributed by atoms with E-state index in [1.807, 2.05) is 19.2 Å². The van der Waals surface area contributed by atoms with E-state index >= 15 is 0 Å². The van der Waals surface area contributed by atoms with Crippen molar-refractivity contribution in [2.45, 2.75) is 18.8 Å². The summed E-state index contributed by atoms with van der Waals surface area (Å²) < 4.78 is 20.5. The van der Waals surface area contributed by atoms with Gasteiger partial charge in [0.2, 0.25) is 0 Å². The molecule has 2 N–H and O–H groups in total. The molecule has 0 aliphatic carbocycles. The zero-order valence-corrected chi connectivity index (χ0v) is 16.0. The Morgan fingerprint density at radius 3 is 2.86 bits per heavy atom. The van der Waals surface area contributed by atoms with E-state index in [0.29, 0.717) is 16.5 Å². The van der Waals surface area contributed by atoms with Crippen LogP contribution in [0, 0.1) is 5.82 Å². The summed E-state index contributed by atoms with van der Waals surface area (Å²) in [5.41, 5.74) is 3.05. The van der Waals surface area contributed by atoms with Gasteiger partial charge in [0, 0.05) is 43.7 Å². The number of aliphatic hydroxyl groups excluding tert-OH is 1. The monoisotopic (exact) mass is 382 g/mol. The molecule has 0 saturated heterocycles. The molecule has 0 saturated carbocycles. The third kappa shape index (κ3) is 2.94. The van der Waals surface area contributed by atoms with Crippen molar-refractivity contribution in [1.82, 2.24) is 5.32 Å². The molecule has 0 bridgehead atoms. The number of furan rings is 1. The number of nitrogens with one attached hydrogen (secondary N) is 1. The van der Waals surface area contributed by atoms with E-state index in [9.17, 15) is 14.3 Å². The first kappa shape index (κ1) is 18.5. The van der Waals surface area contributed by atoms with E-state index in [4.69, 9.17) is 4.42 Å². The van der Waals surface area contributed by atoms with Crippen LogP contribution in [0.15, 0.2) is 40.8 Å². The van der Waals surface area contributed by atoms with Crippen LogP contribution in [-0.2, 0) is 0 Å². The maximum absolute atomic E-state index is 14.5. The van der Waals surface area contributed by atoms with Crippen molar-refractivity contribution in [3.8, 4) is 11.3 Å². The molecular formula is C22H23FN2O3. The van der Waals surface area contributed by atoms with E-state index in [0.717, 1.165) is 30.6 Å². The lowest BCUT2D eigenvalue weighted by Crippen LogP contribution is -2.19. The van der Waals surface area contributed by atoms with Gasteiger partial charge in [-0.3, -0.25) is 4.79 Å². The number of halogens is 1. The van der Waals surface area contributed by atoms with E-state index in [2.05, 4.69) is 10.2 Å². The van der Waals surface area contributed by atoms with Crippen molar-refractivity contribution in [2.75, 3.05) is 32.1 Å². The molecule has 28 heavy (non-hydrogen) atoms. The lowest BCUT2D eigenvalue weighted by Gasteiger charge is -2.21. The van der Waals surface area contributed by atoms with E-state index in [-0.39, 0.29) is 29.8 Å². The highest BCUT2D eigenvalue weighted by molar-refractivity contribution is 6.11. The molecule has 0 radical (unpaired) electrons. The Labute approximate surface area is 162 Å². The maximum atomic E-state index is 14.5. The Morgan fingerprint density at radius 1 is 1.36 bits per heavy atom. The number of nitrogens with zero attached hydrogens (tertiary/aromatic N) is 1. The average molecular weight is 382 g/mol. The van der Waals surface area contributed by atoms with Crippen LogP contribution in [0.4, 0.5) is 10.1 Å². The molecule has 6 heteroatoms. The number of amides is 1. The van der Waals surface area contributed by atoms with Crippen molar-refractivity contribution in [3.05, 3.63) is 53.3 Å². The van der Waals surface area contributed by atoms with Crippen molar-refractivity contribution in [2.24, 2.45) is 0 Å². The number of hydrogen-bond acceptors (Lipinski definition) is 4. The van der Waals surface area contributed by atoms with Gasteiger partial charge in [-0.1, -0.05) is 12.1 Å². The summed E-state index contributed by atoms with van der Waals surface area (Å²) in [7, 11) is 3.55. The van der Waals surface area contributed by atoms with Gasteiger partial charge < -0.3 is 19.7 Å². The van der Waals surface area contributed by atoms with Crippen LogP contribution in [0.25, 0.3) is 22.3 Å². The first-order chi connectivity index (χ1) is 13.5. The predicted molar refractivity (Wildman–Crippen MR) is 107 cm³/mol. The van der Waals surface area contributed by atoms with Gasteiger partial charge in [0.1, 0.15) is 11.4 Å². The second kappa shape index (κ2) is 7.28.